The highest BCUT2D eigenvalue weighted by Gasteiger charge is 2.08. The maximum absolute atomic E-state index is 12.0. The highest BCUT2D eigenvalue weighted by atomic mass is 16.5. The summed E-state index contributed by atoms with van der Waals surface area (Å²) >= 11 is 0. The molecule has 2 heterocycles. The first-order chi connectivity index (χ1) is 20.2. The summed E-state index contributed by atoms with van der Waals surface area (Å²) in [5, 5.41) is 12.4. The van der Waals surface area contributed by atoms with Crippen LogP contribution >= 0.6 is 0 Å². The van der Waals surface area contributed by atoms with Crippen molar-refractivity contribution in [2.45, 2.75) is 6.54 Å². The number of benzene rings is 2. The molecule has 4 N–H and O–H groups in total. The van der Waals surface area contributed by atoms with Gasteiger partial charge in [0.2, 0.25) is 17.8 Å². The largest absolute Gasteiger partial charge is 0.497 e. The van der Waals surface area contributed by atoms with E-state index in [-0.39, 0.29) is 5.91 Å². The summed E-state index contributed by atoms with van der Waals surface area (Å²) in [6, 6.07) is 22.3. The summed E-state index contributed by atoms with van der Waals surface area (Å²) in [4.78, 5) is 29.8. The summed E-state index contributed by atoms with van der Waals surface area (Å²) < 4.78 is 16.5. The molecule has 2 aromatic carbocycles. The van der Waals surface area contributed by atoms with Crippen LogP contribution in [0.3, 0.4) is 0 Å². The number of pyridine rings is 1. The molecule has 4 rings (SSSR count). The second-order valence-corrected chi connectivity index (χ2v) is 8.61. The highest BCUT2D eigenvalue weighted by molar-refractivity contribution is 5.94. The summed E-state index contributed by atoms with van der Waals surface area (Å²) in [6.07, 6.45) is 1.74. The Balaban J connectivity index is 1.20. The van der Waals surface area contributed by atoms with Gasteiger partial charge in [-0.15, -0.1) is 0 Å². The minimum Gasteiger partial charge on any atom is -0.497 e. The van der Waals surface area contributed by atoms with E-state index in [1.807, 2.05) is 60.7 Å². The molecule has 0 atom stereocenters. The third-order valence-electron chi connectivity index (χ3n) is 5.58. The second-order valence-electron chi connectivity index (χ2n) is 8.61. The van der Waals surface area contributed by atoms with E-state index < -0.39 is 0 Å². The van der Waals surface area contributed by atoms with E-state index in [1.54, 1.807) is 25.4 Å². The maximum Gasteiger partial charge on any atom is 0.251 e. The van der Waals surface area contributed by atoms with Crippen molar-refractivity contribution in [2.75, 3.05) is 62.6 Å². The molecule has 12 nitrogen and oxygen atoms in total. The number of ether oxygens (including phenoxy) is 3. The van der Waals surface area contributed by atoms with Crippen molar-refractivity contribution in [1.82, 2.24) is 25.3 Å². The fourth-order valence-corrected chi connectivity index (χ4v) is 3.58. The van der Waals surface area contributed by atoms with Crippen LogP contribution in [-0.4, -0.2) is 72.5 Å². The van der Waals surface area contributed by atoms with Gasteiger partial charge in [0.05, 0.1) is 45.8 Å². The predicted octanol–water partition coefficient (Wildman–Crippen LogP) is 3.51. The molecule has 41 heavy (non-hydrogen) atoms. The van der Waals surface area contributed by atoms with E-state index in [4.69, 9.17) is 14.2 Å². The predicted molar refractivity (Wildman–Crippen MR) is 157 cm³/mol. The van der Waals surface area contributed by atoms with Crippen LogP contribution < -0.4 is 26.0 Å². The molecule has 2 aromatic heterocycles. The monoisotopic (exact) mass is 558 g/mol. The Labute approximate surface area is 238 Å². The number of amides is 1. The lowest BCUT2D eigenvalue weighted by atomic mass is 10.2. The van der Waals surface area contributed by atoms with Crippen molar-refractivity contribution in [1.29, 1.82) is 0 Å². The van der Waals surface area contributed by atoms with Gasteiger partial charge in [-0.2, -0.15) is 15.0 Å². The summed E-state index contributed by atoms with van der Waals surface area (Å²) in [6.45, 7) is 3.04. The van der Waals surface area contributed by atoms with E-state index in [0.717, 1.165) is 11.4 Å². The number of carbonyl (C=O) groups excluding carboxylic acids is 1. The SMILES string of the molecule is COc1cccc(Nc2nc(NCCOCCOCCNC(=O)c3ccccc3)nc(NCc3ccccn3)n2)c1. The molecular formula is C29H34N8O4. The lowest BCUT2D eigenvalue weighted by Crippen LogP contribution is -2.27. The fraction of sp³-hybridized carbons (Fsp3) is 0.276. The van der Waals surface area contributed by atoms with Crippen LogP contribution in [0.4, 0.5) is 23.5 Å². The Morgan fingerprint density at radius 1 is 0.756 bits per heavy atom. The smallest absolute Gasteiger partial charge is 0.251 e. The quantitative estimate of drug-likeness (QED) is 0.141. The number of nitrogens with zero attached hydrogens (tertiary/aromatic N) is 4. The Morgan fingerprint density at radius 3 is 2.24 bits per heavy atom. The number of nitrogens with one attached hydrogen (secondary N) is 4. The van der Waals surface area contributed by atoms with Crippen molar-refractivity contribution in [3.05, 3.63) is 90.3 Å². The van der Waals surface area contributed by atoms with Gasteiger partial charge in [0.1, 0.15) is 5.75 Å². The van der Waals surface area contributed by atoms with Crippen LogP contribution in [0.2, 0.25) is 0 Å². The minimum absolute atomic E-state index is 0.119. The molecule has 4 aromatic rings. The average Bonchev–Trinajstić information content (AvgIpc) is 3.02. The van der Waals surface area contributed by atoms with Gasteiger partial charge in [-0.05, 0) is 36.4 Å². The van der Waals surface area contributed by atoms with Gasteiger partial charge in [0.25, 0.3) is 5.91 Å². The molecule has 0 spiro atoms. The van der Waals surface area contributed by atoms with Gasteiger partial charge in [-0.25, -0.2) is 0 Å². The zero-order valence-corrected chi connectivity index (χ0v) is 22.9. The molecule has 0 fully saturated rings. The van der Waals surface area contributed by atoms with E-state index in [1.165, 1.54) is 0 Å². The highest BCUT2D eigenvalue weighted by Crippen LogP contribution is 2.20. The average molecular weight is 559 g/mol. The van der Waals surface area contributed by atoms with Crippen LogP contribution in [0.25, 0.3) is 0 Å². The number of rotatable bonds is 17. The van der Waals surface area contributed by atoms with Crippen LogP contribution in [0, 0.1) is 0 Å². The zero-order valence-electron chi connectivity index (χ0n) is 22.9. The third kappa shape index (κ3) is 10.4. The molecular weight excluding hydrogens is 524 g/mol. The van der Waals surface area contributed by atoms with Crippen molar-refractivity contribution in [3.63, 3.8) is 0 Å². The number of anilines is 4. The second kappa shape index (κ2) is 16.3. The molecule has 12 heteroatoms. The zero-order chi connectivity index (χ0) is 28.5. The summed E-state index contributed by atoms with van der Waals surface area (Å²) in [5.41, 5.74) is 2.26. The third-order valence-corrected chi connectivity index (χ3v) is 5.58. The van der Waals surface area contributed by atoms with Gasteiger partial charge in [-0.3, -0.25) is 9.78 Å². The molecule has 0 aliphatic rings. The standard InChI is InChI=1S/C29H34N8O4/c1-39-25-12-7-11-23(20-25)34-29-36-27(35-28(37-29)33-21-24-10-5-6-13-30-24)32-15-17-41-19-18-40-16-14-31-26(38)22-8-3-2-4-9-22/h2-13,20H,14-19,21H2,1H3,(H,31,38)(H3,32,33,34,35,36,37). The molecule has 214 valence electrons. The molecule has 0 bridgehead atoms. The first kappa shape index (κ1) is 29.2. The number of hydrogen-bond acceptors (Lipinski definition) is 11. The number of aromatic nitrogens is 4. The van der Waals surface area contributed by atoms with Crippen LogP contribution in [0.15, 0.2) is 79.0 Å². The van der Waals surface area contributed by atoms with E-state index >= 15 is 0 Å². The van der Waals surface area contributed by atoms with Crippen molar-refractivity contribution >= 4 is 29.4 Å². The molecule has 0 saturated heterocycles. The Hall–Kier alpha value is -4.81. The molecule has 0 aliphatic heterocycles. The van der Waals surface area contributed by atoms with Crippen LogP contribution in [-0.2, 0) is 16.0 Å². The normalized spacial score (nSPS) is 10.6. The van der Waals surface area contributed by atoms with Gasteiger partial charge >= 0.3 is 0 Å². The van der Waals surface area contributed by atoms with Crippen LogP contribution in [0.5, 0.6) is 5.75 Å². The number of methoxy groups -OCH3 is 1. The summed E-state index contributed by atoms with van der Waals surface area (Å²) in [5.74, 6) is 1.75. The van der Waals surface area contributed by atoms with Crippen molar-refractivity contribution in [2.24, 2.45) is 0 Å². The first-order valence-electron chi connectivity index (χ1n) is 13.2. The minimum atomic E-state index is -0.119. The number of carbonyl (C=O) groups is 1. The maximum atomic E-state index is 12.0. The van der Waals surface area contributed by atoms with Crippen molar-refractivity contribution < 1.29 is 19.0 Å². The van der Waals surface area contributed by atoms with Crippen LogP contribution in [0.1, 0.15) is 16.1 Å². The fourth-order valence-electron chi connectivity index (χ4n) is 3.58. The topological polar surface area (TPSA) is 144 Å². The molecule has 0 aliphatic carbocycles. The van der Waals surface area contributed by atoms with Gasteiger partial charge < -0.3 is 35.5 Å². The molecule has 0 radical (unpaired) electrons. The number of hydrogen-bond donors (Lipinski definition) is 4. The van der Waals surface area contributed by atoms with E-state index in [2.05, 4.69) is 41.2 Å². The van der Waals surface area contributed by atoms with Gasteiger partial charge in [0.15, 0.2) is 0 Å². The lowest BCUT2D eigenvalue weighted by molar-refractivity contribution is 0.0519. The first-order valence-corrected chi connectivity index (χ1v) is 13.2. The summed E-state index contributed by atoms with van der Waals surface area (Å²) in [7, 11) is 1.62. The molecule has 0 saturated carbocycles. The van der Waals surface area contributed by atoms with Gasteiger partial charge in [-0.1, -0.05) is 30.3 Å². The van der Waals surface area contributed by atoms with E-state index in [0.29, 0.717) is 75.2 Å². The van der Waals surface area contributed by atoms with Crippen molar-refractivity contribution in [3.8, 4) is 5.75 Å². The lowest BCUT2D eigenvalue weighted by Gasteiger charge is -2.12. The molecule has 0 unspecified atom stereocenters. The Kier molecular flexibility index (Phi) is 11.6. The molecule has 1 amide bonds. The van der Waals surface area contributed by atoms with Gasteiger partial charge in [0, 0.05) is 36.6 Å². The Bertz CT molecular complexity index is 1350. The Morgan fingerprint density at radius 2 is 1.49 bits per heavy atom. The van der Waals surface area contributed by atoms with E-state index in [9.17, 15) is 4.79 Å².